The topological polar surface area (TPSA) is 75.7 Å². The first-order valence-electron chi connectivity index (χ1n) is 10.7. The average molecular weight is 609 g/mol. The van der Waals surface area contributed by atoms with E-state index in [-0.39, 0.29) is 21.3 Å². The fourth-order valence-electron chi connectivity index (χ4n) is 3.69. The molecule has 0 unspecified atom stereocenters. The zero-order valence-corrected chi connectivity index (χ0v) is 22.6. The predicted octanol–water partition coefficient (Wildman–Crippen LogP) is 7.07. The van der Waals surface area contributed by atoms with Gasteiger partial charge in [0.1, 0.15) is 11.3 Å². The maximum Gasteiger partial charge on any atom is 0.335 e. The second-order valence-corrected chi connectivity index (χ2v) is 9.81. The van der Waals surface area contributed by atoms with Gasteiger partial charge in [0, 0.05) is 21.5 Å². The SMILES string of the molecule is CCOc1cc(/C=C2\C(=O)NC(=O)N(c3ccc(Cl)c(Cl)c3)C2=O)cc(Br)c1Cc1ccccc1Cl. The van der Waals surface area contributed by atoms with Crippen LogP contribution in [0.3, 0.4) is 0 Å². The molecular formula is C26H18BrCl3N2O4. The van der Waals surface area contributed by atoms with E-state index >= 15 is 0 Å². The van der Waals surface area contributed by atoms with Gasteiger partial charge >= 0.3 is 6.03 Å². The monoisotopic (exact) mass is 606 g/mol. The largest absolute Gasteiger partial charge is 0.494 e. The fraction of sp³-hybridized carbons (Fsp3) is 0.115. The van der Waals surface area contributed by atoms with Gasteiger partial charge in [-0.25, -0.2) is 9.69 Å². The van der Waals surface area contributed by atoms with Crippen LogP contribution in [0.4, 0.5) is 10.5 Å². The number of urea groups is 1. The van der Waals surface area contributed by atoms with Crippen LogP contribution < -0.4 is 15.0 Å². The van der Waals surface area contributed by atoms with Crippen molar-refractivity contribution in [3.63, 3.8) is 0 Å². The molecule has 0 aliphatic carbocycles. The maximum absolute atomic E-state index is 13.2. The summed E-state index contributed by atoms with van der Waals surface area (Å²) in [6.07, 6.45) is 1.91. The van der Waals surface area contributed by atoms with Gasteiger partial charge in [-0.05, 0) is 60.5 Å². The van der Waals surface area contributed by atoms with Crippen LogP contribution in [0.2, 0.25) is 15.1 Å². The van der Waals surface area contributed by atoms with E-state index in [1.54, 1.807) is 12.1 Å². The maximum atomic E-state index is 13.2. The number of hydrogen-bond donors (Lipinski definition) is 1. The first-order valence-corrected chi connectivity index (χ1v) is 12.7. The Morgan fingerprint density at radius 1 is 0.972 bits per heavy atom. The fourth-order valence-corrected chi connectivity index (χ4v) is 4.78. The van der Waals surface area contributed by atoms with Crippen LogP contribution in [-0.4, -0.2) is 24.5 Å². The molecule has 0 spiro atoms. The molecule has 4 amide bonds. The standard InChI is InChI=1S/C26H18BrCl3N2O4/c1-2-36-23-11-14(10-19(27)17(23)12-15-5-3-4-6-20(15)28)9-18-24(33)31-26(35)32(25(18)34)16-7-8-21(29)22(30)13-16/h3-11,13H,2,12H2,1H3,(H,31,33,35)/b18-9+. The molecule has 0 bridgehead atoms. The van der Waals surface area contributed by atoms with Crippen molar-refractivity contribution in [1.82, 2.24) is 5.32 Å². The Balaban J connectivity index is 1.73. The summed E-state index contributed by atoms with van der Waals surface area (Å²) in [7, 11) is 0. The highest BCUT2D eigenvalue weighted by molar-refractivity contribution is 9.10. The van der Waals surface area contributed by atoms with Crippen LogP contribution in [0, 0.1) is 0 Å². The molecule has 0 atom stereocenters. The highest BCUT2D eigenvalue weighted by atomic mass is 79.9. The van der Waals surface area contributed by atoms with Gasteiger partial charge in [0.05, 0.1) is 22.3 Å². The van der Waals surface area contributed by atoms with Crippen molar-refractivity contribution < 1.29 is 19.1 Å². The van der Waals surface area contributed by atoms with Crippen molar-refractivity contribution in [3.8, 4) is 5.75 Å². The molecule has 1 N–H and O–H groups in total. The number of benzene rings is 3. The lowest BCUT2D eigenvalue weighted by atomic mass is 10.0. The highest BCUT2D eigenvalue weighted by Gasteiger charge is 2.37. The molecule has 0 aromatic heterocycles. The van der Waals surface area contributed by atoms with Crippen molar-refractivity contribution in [3.05, 3.63) is 96.4 Å². The van der Waals surface area contributed by atoms with E-state index in [9.17, 15) is 14.4 Å². The Morgan fingerprint density at radius 3 is 2.42 bits per heavy atom. The van der Waals surface area contributed by atoms with Gasteiger partial charge < -0.3 is 4.74 Å². The number of ether oxygens (including phenoxy) is 1. The van der Waals surface area contributed by atoms with Gasteiger partial charge in [-0.15, -0.1) is 0 Å². The Bertz CT molecular complexity index is 1420. The van der Waals surface area contributed by atoms with Crippen LogP contribution in [0.25, 0.3) is 6.08 Å². The summed E-state index contributed by atoms with van der Waals surface area (Å²) in [5, 5.41) is 3.26. The first kappa shape index (κ1) is 26.2. The van der Waals surface area contributed by atoms with Crippen molar-refractivity contribution in [2.45, 2.75) is 13.3 Å². The molecule has 3 aromatic carbocycles. The number of barbiturate groups is 1. The third-order valence-electron chi connectivity index (χ3n) is 5.38. The summed E-state index contributed by atoms with van der Waals surface area (Å²) < 4.78 is 6.58. The molecule has 10 heteroatoms. The number of nitrogens with one attached hydrogen (secondary N) is 1. The highest BCUT2D eigenvalue weighted by Crippen LogP contribution is 2.34. The van der Waals surface area contributed by atoms with E-state index in [0.717, 1.165) is 16.0 Å². The minimum atomic E-state index is -0.883. The van der Waals surface area contributed by atoms with E-state index in [0.29, 0.717) is 33.8 Å². The number of imide groups is 2. The average Bonchev–Trinajstić information content (AvgIpc) is 2.82. The van der Waals surface area contributed by atoms with Gasteiger partial charge in [-0.3, -0.25) is 14.9 Å². The van der Waals surface area contributed by atoms with Gasteiger partial charge in [-0.1, -0.05) is 68.9 Å². The van der Waals surface area contributed by atoms with E-state index in [1.165, 1.54) is 24.3 Å². The first-order chi connectivity index (χ1) is 17.2. The molecular weight excluding hydrogens is 591 g/mol. The van der Waals surface area contributed by atoms with Crippen LogP contribution in [-0.2, 0) is 16.0 Å². The van der Waals surface area contributed by atoms with E-state index in [4.69, 9.17) is 39.5 Å². The molecule has 1 saturated heterocycles. The summed E-state index contributed by atoms with van der Waals surface area (Å²) >= 11 is 21.9. The minimum absolute atomic E-state index is 0.164. The number of nitrogens with zero attached hydrogens (tertiary/aromatic N) is 1. The second-order valence-electron chi connectivity index (χ2n) is 7.74. The third kappa shape index (κ3) is 5.44. The van der Waals surface area contributed by atoms with Gasteiger partial charge in [0.15, 0.2) is 0 Å². The molecule has 0 saturated carbocycles. The number of halogens is 4. The number of hydrogen-bond acceptors (Lipinski definition) is 4. The van der Waals surface area contributed by atoms with Crippen LogP contribution in [0.15, 0.2) is 64.6 Å². The summed E-state index contributed by atoms with van der Waals surface area (Å²) in [6, 6.07) is 14.4. The van der Waals surface area contributed by atoms with Crippen molar-refractivity contribution >= 4 is 80.3 Å². The summed E-state index contributed by atoms with van der Waals surface area (Å²) in [5.41, 5.74) is 2.25. The Kier molecular flexibility index (Phi) is 8.05. The smallest absolute Gasteiger partial charge is 0.335 e. The van der Waals surface area contributed by atoms with Crippen molar-refractivity contribution in [2.75, 3.05) is 11.5 Å². The summed E-state index contributed by atoms with van der Waals surface area (Å²) in [5.74, 6) is -1.04. The molecule has 36 heavy (non-hydrogen) atoms. The molecule has 3 aromatic rings. The lowest BCUT2D eigenvalue weighted by Gasteiger charge is -2.26. The number of carbonyl (C=O) groups is 3. The number of carbonyl (C=O) groups excluding carboxylic acids is 3. The van der Waals surface area contributed by atoms with Gasteiger partial charge in [0.25, 0.3) is 11.8 Å². The van der Waals surface area contributed by atoms with Crippen LogP contribution in [0.1, 0.15) is 23.6 Å². The van der Waals surface area contributed by atoms with Crippen LogP contribution >= 0.6 is 50.7 Å². The molecule has 1 fully saturated rings. The second kappa shape index (κ2) is 11.0. The molecule has 0 radical (unpaired) electrons. The number of rotatable bonds is 6. The van der Waals surface area contributed by atoms with E-state index in [1.807, 2.05) is 31.2 Å². The number of anilines is 1. The lowest BCUT2D eigenvalue weighted by molar-refractivity contribution is -0.122. The van der Waals surface area contributed by atoms with E-state index < -0.39 is 17.8 Å². The normalized spacial score (nSPS) is 14.9. The molecule has 1 heterocycles. The summed E-state index contributed by atoms with van der Waals surface area (Å²) in [6.45, 7) is 2.26. The lowest BCUT2D eigenvalue weighted by Crippen LogP contribution is -2.54. The minimum Gasteiger partial charge on any atom is -0.494 e. The zero-order valence-electron chi connectivity index (χ0n) is 18.8. The quantitative estimate of drug-likeness (QED) is 0.240. The zero-order chi connectivity index (χ0) is 26.0. The van der Waals surface area contributed by atoms with Crippen molar-refractivity contribution in [2.24, 2.45) is 0 Å². The molecule has 184 valence electrons. The Hall–Kier alpha value is -2.84. The predicted molar refractivity (Wildman–Crippen MR) is 145 cm³/mol. The molecule has 4 rings (SSSR count). The molecule has 1 aliphatic rings. The van der Waals surface area contributed by atoms with Gasteiger partial charge in [0.2, 0.25) is 0 Å². The summed E-state index contributed by atoms with van der Waals surface area (Å²) in [4.78, 5) is 39.2. The molecule has 1 aliphatic heterocycles. The van der Waals surface area contributed by atoms with Gasteiger partial charge in [-0.2, -0.15) is 0 Å². The van der Waals surface area contributed by atoms with E-state index in [2.05, 4.69) is 21.2 Å². The number of amides is 4. The van der Waals surface area contributed by atoms with Crippen LogP contribution in [0.5, 0.6) is 5.75 Å². The Labute approximate surface area is 230 Å². The van der Waals surface area contributed by atoms with Crippen molar-refractivity contribution in [1.29, 1.82) is 0 Å². The third-order valence-corrected chi connectivity index (χ3v) is 7.19. The molecule has 6 nitrogen and oxygen atoms in total. The Morgan fingerprint density at radius 2 is 1.72 bits per heavy atom.